The van der Waals surface area contributed by atoms with E-state index in [0.29, 0.717) is 11.7 Å². The van der Waals surface area contributed by atoms with E-state index in [1.807, 2.05) is 42.5 Å². The van der Waals surface area contributed by atoms with Crippen LogP contribution in [0.4, 0.5) is 0 Å². The van der Waals surface area contributed by atoms with Gasteiger partial charge in [0.05, 0.1) is 6.54 Å². The highest BCUT2D eigenvalue weighted by Gasteiger charge is 2.32. The predicted octanol–water partition coefficient (Wildman–Crippen LogP) is 4.58. The average Bonchev–Trinajstić information content (AvgIpc) is 2.92. The van der Waals surface area contributed by atoms with Gasteiger partial charge in [0.2, 0.25) is 0 Å². The molecule has 1 aliphatic rings. The minimum atomic E-state index is -0.272. The van der Waals surface area contributed by atoms with Gasteiger partial charge < -0.3 is 14.0 Å². The second kappa shape index (κ2) is 6.40. The van der Waals surface area contributed by atoms with Crippen LogP contribution < -0.4 is 0 Å². The summed E-state index contributed by atoms with van der Waals surface area (Å²) in [6.45, 7) is 2.71. The second-order valence-corrected chi connectivity index (χ2v) is 6.17. The van der Waals surface area contributed by atoms with Crippen molar-refractivity contribution in [3.05, 3.63) is 77.2 Å². The zero-order valence-corrected chi connectivity index (χ0v) is 14.0. The lowest BCUT2D eigenvalue weighted by Gasteiger charge is -2.37. The minimum absolute atomic E-state index is 0.252. The first kappa shape index (κ1) is 15.4. The molecule has 1 aromatic carbocycles. The topological polar surface area (TPSA) is 36.3 Å². The number of hydrogen-bond acceptors (Lipinski definition) is 3. The largest absolute Gasteiger partial charge is 0.340 e. The van der Waals surface area contributed by atoms with Crippen LogP contribution in [-0.2, 0) is 16.0 Å². The Balaban J connectivity index is 1.49. The Morgan fingerprint density at radius 3 is 2.62 bits per heavy atom. The Kier molecular flexibility index (Phi) is 4.10. The normalized spacial score (nSPS) is 19.9. The van der Waals surface area contributed by atoms with Gasteiger partial charge in [-0.05, 0) is 31.2 Å². The fourth-order valence-electron chi connectivity index (χ4n) is 2.91. The molecule has 0 spiro atoms. The number of aromatic nitrogens is 2. The van der Waals surface area contributed by atoms with Crippen LogP contribution in [0.3, 0.4) is 0 Å². The molecule has 0 atom stereocenters. The molecular weight excluding hydrogens is 324 g/mol. The SMILES string of the molecule is Cc1ccc(-c2ccnc(Cl)c2)n1CC1OC(c2ccccc2)O1. The number of rotatable bonds is 4. The monoisotopic (exact) mass is 340 g/mol. The highest BCUT2D eigenvalue weighted by molar-refractivity contribution is 6.29. The standard InChI is InChI=1S/C19H17ClN2O2/c1-13-7-8-16(15-9-10-21-17(20)11-15)22(13)12-18-23-19(24-18)14-5-3-2-4-6-14/h2-11,18-19H,12H2,1H3. The van der Waals surface area contributed by atoms with Crippen LogP contribution in [0.1, 0.15) is 17.5 Å². The summed E-state index contributed by atoms with van der Waals surface area (Å²) < 4.78 is 14.0. The van der Waals surface area contributed by atoms with E-state index >= 15 is 0 Å². The summed E-state index contributed by atoms with van der Waals surface area (Å²) in [4.78, 5) is 4.04. The molecule has 0 saturated carbocycles. The lowest BCUT2D eigenvalue weighted by molar-refractivity contribution is -0.393. The van der Waals surface area contributed by atoms with Gasteiger partial charge in [-0.2, -0.15) is 0 Å². The summed E-state index contributed by atoms with van der Waals surface area (Å²) >= 11 is 6.02. The third-order valence-electron chi connectivity index (χ3n) is 4.18. The van der Waals surface area contributed by atoms with Gasteiger partial charge in [0, 0.05) is 28.7 Å². The quantitative estimate of drug-likeness (QED) is 0.652. The van der Waals surface area contributed by atoms with Crippen molar-refractivity contribution in [2.45, 2.75) is 26.0 Å². The molecule has 0 N–H and O–H groups in total. The summed E-state index contributed by atoms with van der Waals surface area (Å²) in [7, 11) is 0. The Hall–Kier alpha value is -2.14. The number of pyridine rings is 1. The lowest BCUT2D eigenvalue weighted by atomic mass is 10.2. The maximum atomic E-state index is 6.02. The van der Waals surface area contributed by atoms with Gasteiger partial charge in [-0.1, -0.05) is 41.9 Å². The first-order chi connectivity index (χ1) is 11.7. The maximum absolute atomic E-state index is 6.02. The molecule has 0 amide bonds. The van der Waals surface area contributed by atoms with Gasteiger partial charge in [0.15, 0.2) is 12.6 Å². The summed E-state index contributed by atoms with van der Waals surface area (Å²) in [5.74, 6) is 0. The van der Waals surface area contributed by atoms with Crippen molar-refractivity contribution in [3.8, 4) is 11.3 Å². The van der Waals surface area contributed by atoms with Crippen LogP contribution in [0, 0.1) is 6.92 Å². The van der Waals surface area contributed by atoms with Crippen LogP contribution in [-0.4, -0.2) is 15.8 Å². The molecule has 4 nitrogen and oxygen atoms in total. The van der Waals surface area contributed by atoms with Gasteiger partial charge >= 0.3 is 0 Å². The van der Waals surface area contributed by atoms with Gasteiger partial charge in [-0.3, -0.25) is 0 Å². The summed E-state index contributed by atoms with van der Waals surface area (Å²) in [5, 5.41) is 0.484. The van der Waals surface area contributed by atoms with Crippen LogP contribution in [0.15, 0.2) is 60.8 Å². The number of ether oxygens (including phenoxy) is 2. The van der Waals surface area contributed by atoms with E-state index in [1.54, 1.807) is 6.20 Å². The van der Waals surface area contributed by atoms with Crippen molar-refractivity contribution in [2.75, 3.05) is 0 Å². The molecule has 0 unspecified atom stereocenters. The highest BCUT2D eigenvalue weighted by atomic mass is 35.5. The van der Waals surface area contributed by atoms with Crippen molar-refractivity contribution in [1.29, 1.82) is 0 Å². The molecule has 2 aromatic heterocycles. The number of hydrogen-bond donors (Lipinski definition) is 0. The molecule has 0 radical (unpaired) electrons. The molecule has 3 aromatic rings. The van der Waals surface area contributed by atoms with Crippen molar-refractivity contribution < 1.29 is 9.47 Å². The van der Waals surface area contributed by atoms with Crippen molar-refractivity contribution in [2.24, 2.45) is 0 Å². The van der Waals surface area contributed by atoms with Crippen molar-refractivity contribution >= 4 is 11.6 Å². The Morgan fingerprint density at radius 2 is 1.88 bits per heavy atom. The Labute approximate surface area is 145 Å². The van der Waals surface area contributed by atoms with Crippen molar-refractivity contribution in [3.63, 3.8) is 0 Å². The van der Waals surface area contributed by atoms with E-state index in [-0.39, 0.29) is 12.6 Å². The Bertz CT molecular complexity index is 842. The molecule has 4 rings (SSSR count). The number of benzene rings is 1. The van der Waals surface area contributed by atoms with E-state index in [4.69, 9.17) is 21.1 Å². The molecular formula is C19H17ClN2O2. The lowest BCUT2D eigenvalue weighted by Crippen LogP contribution is -2.38. The maximum Gasteiger partial charge on any atom is 0.190 e. The van der Waals surface area contributed by atoms with E-state index in [2.05, 4.69) is 28.6 Å². The molecule has 122 valence electrons. The van der Waals surface area contributed by atoms with Crippen LogP contribution in [0.25, 0.3) is 11.3 Å². The molecule has 1 aliphatic heterocycles. The second-order valence-electron chi connectivity index (χ2n) is 5.78. The zero-order chi connectivity index (χ0) is 16.5. The van der Waals surface area contributed by atoms with E-state index < -0.39 is 0 Å². The Morgan fingerprint density at radius 1 is 1.08 bits per heavy atom. The third-order valence-corrected chi connectivity index (χ3v) is 4.38. The first-order valence-corrected chi connectivity index (χ1v) is 8.22. The predicted molar refractivity (Wildman–Crippen MR) is 92.6 cm³/mol. The van der Waals surface area contributed by atoms with Crippen molar-refractivity contribution in [1.82, 2.24) is 9.55 Å². The van der Waals surface area contributed by atoms with Gasteiger partial charge in [0.1, 0.15) is 5.15 Å². The molecule has 0 bridgehead atoms. The minimum Gasteiger partial charge on any atom is -0.340 e. The molecule has 24 heavy (non-hydrogen) atoms. The van der Waals surface area contributed by atoms with E-state index in [9.17, 15) is 0 Å². The highest BCUT2D eigenvalue weighted by Crippen LogP contribution is 2.34. The fourth-order valence-corrected chi connectivity index (χ4v) is 3.09. The molecule has 0 aliphatic carbocycles. The number of halogens is 1. The fraction of sp³-hybridized carbons (Fsp3) is 0.211. The summed E-state index contributed by atoms with van der Waals surface area (Å²) in [6.07, 6.45) is 1.19. The average molecular weight is 341 g/mol. The summed E-state index contributed by atoms with van der Waals surface area (Å²) in [5.41, 5.74) is 4.29. The molecule has 5 heteroatoms. The van der Waals surface area contributed by atoms with E-state index in [1.165, 1.54) is 0 Å². The zero-order valence-electron chi connectivity index (χ0n) is 13.2. The third kappa shape index (κ3) is 2.96. The smallest absolute Gasteiger partial charge is 0.190 e. The van der Waals surface area contributed by atoms with Crippen LogP contribution in [0.2, 0.25) is 5.15 Å². The summed E-state index contributed by atoms with van der Waals surface area (Å²) in [6, 6.07) is 17.9. The van der Waals surface area contributed by atoms with Gasteiger partial charge in [0.25, 0.3) is 0 Å². The van der Waals surface area contributed by atoms with Crippen LogP contribution >= 0.6 is 11.6 Å². The van der Waals surface area contributed by atoms with Gasteiger partial charge in [-0.15, -0.1) is 0 Å². The van der Waals surface area contributed by atoms with Gasteiger partial charge in [-0.25, -0.2) is 4.98 Å². The van der Waals surface area contributed by atoms with E-state index in [0.717, 1.165) is 22.5 Å². The number of nitrogens with zero attached hydrogens (tertiary/aromatic N) is 2. The molecule has 1 saturated heterocycles. The van der Waals surface area contributed by atoms with Crippen LogP contribution in [0.5, 0.6) is 0 Å². The number of aryl methyl sites for hydroxylation is 1. The molecule has 1 fully saturated rings. The first-order valence-electron chi connectivity index (χ1n) is 7.84. The molecule has 3 heterocycles.